The van der Waals surface area contributed by atoms with Crippen LogP contribution in [0.1, 0.15) is 25.3 Å². The molecule has 0 radical (unpaired) electrons. The van der Waals surface area contributed by atoms with E-state index < -0.39 is 0 Å². The van der Waals surface area contributed by atoms with Crippen LogP contribution in [0, 0.1) is 11.3 Å². The Labute approximate surface area is 154 Å². The standard InChI is InChI=1S/C19H30N2O3S/c1-3-24-18(22)19-6-4-7-20(11-16-5-10-25-14-16)12-17(19)13-21(15-19)8-9-23-2/h5,10,14,17H,3-4,6-9,11-13,15H2,1-2H3/t17-,19-/m0/s1. The van der Waals surface area contributed by atoms with E-state index in [1.165, 1.54) is 5.56 Å². The smallest absolute Gasteiger partial charge is 0.313 e. The van der Waals surface area contributed by atoms with Gasteiger partial charge in [0.25, 0.3) is 0 Å². The highest BCUT2D eigenvalue weighted by Gasteiger charge is 2.53. The first-order valence-electron chi connectivity index (χ1n) is 9.30. The normalized spacial score (nSPS) is 27.8. The molecule has 0 saturated carbocycles. The topological polar surface area (TPSA) is 42.0 Å². The summed E-state index contributed by atoms with van der Waals surface area (Å²) in [7, 11) is 1.73. The summed E-state index contributed by atoms with van der Waals surface area (Å²) in [6, 6.07) is 2.20. The van der Waals surface area contributed by atoms with Gasteiger partial charge in [-0.2, -0.15) is 11.3 Å². The van der Waals surface area contributed by atoms with Crippen molar-refractivity contribution in [2.45, 2.75) is 26.3 Å². The Bertz CT molecular complexity index is 551. The Morgan fingerprint density at radius 3 is 2.96 bits per heavy atom. The number of carbonyl (C=O) groups is 1. The Balaban J connectivity index is 1.74. The third-order valence-electron chi connectivity index (χ3n) is 5.62. The van der Waals surface area contributed by atoms with Gasteiger partial charge in [-0.3, -0.25) is 14.6 Å². The Kier molecular flexibility index (Phi) is 6.49. The third kappa shape index (κ3) is 4.25. The van der Waals surface area contributed by atoms with Gasteiger partial charge in [0.1, 0.15) is 0 Å². The largest absolute Gasteiger partial charge is 0.466 e. The second-order valence-corrected chi connectivity index (χ2v) is 8.05. The highest BCUT2D eigenvalue weighted by Crippen LogP contribution is 2.43. The van der Waals surface area contributed by atoms with Crippen LogP contribution in [0.3, 0.4) is 0 Å². The third-order valence-corrected chi connectivity index (χ3v) is 6.35. The SMILES string of the molecule is CCOC(=O)[C@]12CCCN(Cc3ccsc3)C[C@H]1CN(CCOC)C2. The first-order valence-corrected chi connectivity index (χ1v) is 10.2. The van der Waals surface area contributed by atoms with Crippen molar-refractivity contribution in [3.05, 3.63) is 22.4 Å². The molecule has 0 bridgehead atoms. The molecule has 2 aliphatic rings. The van der Waals surface area contributed by atoms with Crippen LogP contribution in [-0.4, -0.2) is 68.8 Å². The molecule has 1 aromatic heterocycles. The first-order chi connectivity index (χ1) is 12.2. The van der Waals surface area contributed by atoms with Gasteiger partial charge >= 0.3 is 5.97 Å². The van der Waals surface area contributed by atoms with E-state index >= 15 is 0 Å². The summed E-state index contributed by atoms with van der Waals surface area (Å²) in [5.74, 6) is 0.349. The number of nitrogens with zero attached hydrogens (tertiary/aromatic N) is 2. The van der Waals surface area contributed by atoms with Crippen LogP contribution in [0.25, 0.3) is 0 Å². The summed E-state index contributed by atoms with van der Waals surface area (Å²) >= 11 is 1.75. The van der Waals surface area contributed by atoms with E-state index in [2.05, 4.69) is 26.6 Å². The Hall–Kier alpha value is -0.950. The predicted octanol–water partition coefficient (Wildman–Crippen LogP) is 2.47. The van der Waals surface area contributed by atoms with Crippen molar-refractivity contribution in [1.82, 2.24) is 9.80 Å². The molecule has 0 aromatic carbocycles. The van der Waals surface area contributed by atoms with Crippen LogP contribution in [0.5, 0.6) is 0 Å². The van der Waals surface area contributed by atoms with E-state index in [0.717, 1.165) is 52.1 Å². The molecule has 2 fully saturated rings. The van der Waals surface area contributed by atoms with Gasteiger partial charge in [0, 0.05) is 45.8 Å². The van der Waals surface area contributed by atoms with E-state index in [9.17, 15) is 4.79 Å². The number of esters is 1. The number of ether oxygens (including phenoxy) is 2. The average molecular weight is 367 g/mol. The molecule has 140 valence electrons. The predicted molar refractivity (Wildman–Crippen MR) is 99.7 cm³/mol. The summed E-state index contributed by atoms with van der Waals surface area (Å²) in [5, 5.41) is 4.36. The van der Waals surface area contributed by atoms with Crippen LogP contribution < -0.4 is 0 Å². The molecule has 0 spiro atoms. The fourth-order valence-corrected chi connectivity index (χ4v) is 5.06. The number of methoxy groups -OCH3 is 1. The summed E-state index contributed by atoms with van der Waals surface area (Å²) in [6.07, 6.45) is 1.98. The minimum Gasteiger partial charge on any atom is -0.466 e. The Morgan fingerprint density at radius 1 is 1.40 bits per heavy atom. The van der Waals surface area contributed by atoms with Crippen LogP contribution in [0.2, 0.25) is 0 Å². The van der Waals surface area contributed by atoms with Crippen molar-refractivity contribution in [2.75, 3.05) is 53.0 Å². The van der Waals surface area contributed by atoms with E-state index in [1.807, 2.05) is 6.92 Å². The fraction of sp³-hybridized carbons (Fsp3) is 0.737. The van der Waals surface area contributed by atoms with Gasteiger partial charge in [-0.05, 0) is 48.7 Å². The second-order valence-electron chi connectivity index (χ2n) is 7.27. The molecule has 3 heterocycles. The molecule has 25 heavy (non-hydrogen) atoms. The quantitative estimate of drug-likeness (QED) is 0.694. The molecule has 2 saturated heterocycles. The number of thiophene rings is 1. The van der Waals surface area contributed by atoms with Gasteiger partial charge in [-0.1, -0.05) is 0 Å². The summed E-state index contributed by atoms with van der Waals surface area (Å²) in [5.41, 5.74) is 1.04. The van der Waals surface area contributed by atoms with E-state index in [4.69, 9.17) is 9.47 Å². The molecule has 5 nitrogen and oxygen atoms in total. The number of fused-ring (bicyclic) bond motifs is 1. The molecule has 1 aromatic rings. The van der Waals surface area contributed by atoms with Gasteiger partial charge in [0.05, 0.1) is 18.6 Å². The van der Waals surface area contributed by atoms with Crippen molar-refractivity contribution in [1.29, 1.82) is 0 Å². The van der Waals surface area contributed by atoms with Crippen LogP contribution in [0.15, 0.2) is 16.8 Å². The van der Waals surface area contributed by atoms with Crippen LogP contribution in [-0.2, 0) is 20.8 Å². The number of rotatable bonds is 7. The molecule has 6 heteroatoms. The lowest BCUT2D eigenvalue weighted by Crippen LogP contribution is -2.42. The zero-order valence-corrected chi connectivity index (χ0v) is 16.2. The van der Waals surface area contributed by atoms with E-state index in [1.54, 1.807) is 18.4 Å². The molecular formula is C19H30N2O3S. The summed E-state index contributed by atoms with van der Waals surface area (Å²) in [4.78, 5) is 17.8. The van der Waals surface area contributed by atoms with Crippen molar-refractivity contribution in [3.63, 3.8) is 0 Å². The number of carbonyl (C=O) groups excluding carboxylic acids is 1. The van der Waals surface area contributed by atoms with Crippen LogP contribution >= 0.6 is 11.3 Å². The van der Waals surface area contributed by atoms with Gasteiger partial charge < -0.3 is 9.47 Å². The molecule has 0 amide bonds. The minimum absolute atomic E-state index is 0.0114. The number of hydrogen-bond donors (Lipinski definition) is 0. The lowest BCUT2D eigenvalue weighted by Gasteiger charge is -2.31. The molecule has 3 rings (SSSR count). The maximum Gasteiger partial charge on any atom is 0.313 e. The lowest BCUT2D eigenvalue weighted by atomic mass is 9.75. The maximum atomic E-state index is 12.9. The number of likely N-dealkylation sites (tertiary alicyclic amines) is 2. The van der Waals surface area contributed by atoms with E-state index in [-0.39, 0.29) is 11.4 Å². The lowest BCUT2D eigenvalue weighted by molar-refractivity contribution is -0.157. The summed E-state index contributed by atoms with van der Waals surface area (Å²) < 4.78 is 10.8. The second kappa shape index (κ2) is 8.62. The van der Waals surface area contributed by atoms with Crippen molar-refractivity contribution >= 4 is 17.3 Å². The zero-order valence-electron chi connectivity index (χ0n) is 15.4. The zero-order chi connectivity index (χ0) is 17.7. The van der Waals surface area contributed by atoms with Gasteiger partial charge in [0.2, 0.25) is 0 Å². The van der Waals surface area contributed by atoms with E-state index in [0.29, 0.717) is 19.1 Å². The highest BCUT2D eigenvalue weighted by molar-refractivity contribution is 7.07. The minimum atomic E-state index is -0.340. The van der Waals surface area contributed by atoms with Crippen LogP contribution in [0.4, 0.5) is 0 Å². The fourth-order valence-electron chi connectivity index (χ4n) is 4.40. The maximum absolute atomic E-state index is 12.9. The molecule has 2 atom stereocenters. The summed E-state index contributed by atoms with van der Waals surface area (Å²) in [6.45, 7) is 8.75. The van der Waals surface area contributed by atoms with Gasteiger partial charge in [-0.15, -0.1) is 0 Å². The average Bonchev–Trinajstić information content (AvgIpc) is 3.18. The van der Waals surface area contributed by atoms with Crippen molar-refractivity contribution < 1.29 is 14.3 Å². The Morgan fingerprint density at radius 2 is 2.24 bits per heavy atom. The molecular weight excluding hydrogens is 336 g/mol. The van der Waals surface area contributed by atoms with Gasteiger partial charge in [0.15, 0.2) is 0 Å². The first kappa shape index (κ1) is 18.8. The molecule has 0 N–H and O–H groups in total. The highest BCUT2D eigenvalue weighted by atomic mass is 32.1. The molecule has 2 aliphatic heterocycles. The van der Waals surface area contributed by atoms with Crippen molar-refractivity contribution in [3.8, 4) is 0 Å². The van der Waals surface area contributed by atoms with Gasteiger partial charge in [-0.25, -0.2) is 0 Å². The monoisotopic (exact) mass is 366 g/mol. The van der Waals surface area contributed by atoms with Crippen molar-refractivity contribution in [2.24, 2.45) is 11.3 Å². The molecule has 0 unspecified atom stereocenters. The molecule has 0 aliphatic carbocycles. The number of hydrogen-bond acceptors (Lipinski definition) is 6.